The van der Waals surface area contributed by atoms with Gasteiger partial charge in [0, 0.05) is 36.1 Å². The monoisotopic (exact) mass is 369 g/mol. The zero-order valence-corrected chi connectivity index (χ0v) is 15.6. The van der Waals surface area contributed by atoms with Gasteiger partial charge in [-0.05, 0) is 50.0 Å². The standard InChI is InChI=1S/C21H19N7/c1-28(2)12-13-7-15(10-23-9-13)16-3-4-17-20(25-16)21(27-26-17)18-8-14-5-6-22-11-19(14)24-18/h3-11,24H,12H2,1-2H3,(H,26,27). The minimum Gasteiger partial charge on any atom is -0.352 e. The molecule has 0 atom stereocenters. The number of nitrogens with zero attached hydrogens (tertiary/aromatic N) is 5. The quantitative estimate of drug-likeness (QED) is 0.505. The minimum atomic E-state index is 0.797. The summed E-state index contributed by atoms with van der Waals surface area (Å²) in [6.07, 6.45) is 7.34. The molecule has 0 spiro atoms. The van der Waals surface area contributed by atoms with Crippen LogP contribution in [0.15, 0.2) is 55.1 Å². The number of fused-ring (bicyclic) bond motifs is 2. The van der Waals surface area contributed by atoms with E-state index in [4.69, 9.17) is 4.98 Å². The Morgan fingerprint density at radius 1 is 0.964 bits per heavy atom. The average molecular weight is 369 g/mol. The van der Waals surface area contributed by atoms with Crippen LogP contribution in [0, 0.1) is 0 Å². The van der Waals surface area contributed by atoms with Crippen LogP contribution >= 0.6 is 0 Å². The number of hydrogen-bond donors (Lipinski definition) is 2. The summed E-state index contributed by atoms with van der Waals surface area (Å²) in [5.41, 5.74) is 7.44. The van der Waals surface area contributed by atoms with E-state index in [0.717, 1.165) is 56.7 Å². The Labute approximate surface area is 161 Å². The Morgan fingerprint density at radius 3 is 2.75 bits per heavy atom. The average Bonchev–Trinajstić information content (AvgIpc) is 3.30. The van der Waals surface area contributed by atoms with Crippen LogP contribution in [0.2, 0.25) is 0 Å². The molecule has 2 N–H and O–H groups in total. The fourth-order valence-corrected chi connectivity index (χ4v) is 3.43. The molecule has 7 nitrogen and oxygen atoms in total. The van der Waals surface area contributed by atoms with Gasteiger partial charge in [-0.15, -0.1) is 0 Å². The summed E-state index contributed by atoms with van der Waals surface area (Å²) in [5, 5.41) is 8.66. The molecule has 0 radical (unpaired) electrons. The first-order valence-corrected chi connectivity index (χ1v) is 9.04. The van der Waals surface area contributed by atoms with Gasteiger partial charge in [-0.1, -0.05) is 0 Å². The van der Waals surface area contributed by atoms with Crippen molar-refractivity contribution in [3.8, 4) is 22.6 Å². The molecule has 7 heteroatoms. The third kappa shape index (κ3) is 2.91. The highest BCUT2D eigenvalue weighted by molar-refractivity contribution is 5.94. The van der Waals surface area contributed by atoms with Crippen molar-refractivity contribution in [2.75, 3.05) is 14.1 Å². The molecule has 138 valence electrons. The first-order chi connectivity index (χ1) is 13.7. The maximum Gasteiger partial charge on any atom is 0.135 e. The van der Waals surface area contributed by atoms with Crippen molar-refractivity contribution >= 4 is 21.9 Å². The fourth-order valence-electron chi connectivity index (χ4n) is 3.43. The Kier molecular flexibility index (Phi) is 3.87. The summed E-state index contributed by atoms with van der Waals surface area (Å²) in [6, 6.07) is 10.2. The predicted octanol–water partition coefficient (Wildman–Crippen LogP) is 3.62. The number of pyridine rings is 3. The molecule has 5 rings (SSSR count). The summed E-state index contributed by atoms with van der Waals surface area (Å²) in [7, 11) is 4.09. The Hall–Kier alpha value is -3.58. The van der Waals surface area contributed by atoms with Crippen LogP contribution in [0.4, 0.5) is 0 Å². The van der Waals surface area contributed by atoms with Gasteiger partial charge in [0.25, 0.3) is 0 Å². The van der Waals surface area contributed by atoms with E-state index in [1.54, 1.807) is 6.20 Å². The molecular weight excluding hydrogens is 350 g/mol. The van der Waals surface area contributed by atoms with Crippen LogP contribution in [0.25, 0.3) is 44.6 Å². The lowest BCUT2D eigenvalue weighted by molar-refractivity contribution is 0.402. The van der Waals surface area contributed by atoms with Gasteiger partial charge >= 0.3 is 0 Å². The molecule has 0 fully saturated rings. The molecule has 0 aliphatic carbocycles. The highest BCUT2D eigenvalue weighted by atomic mass is 15.1. The smallest absolute Gasteiger partial charge is 0.135 e. The van der Waals surface area contributed by atoms with Gasteiger partial charge < -0.3 is 9.88 Å². The molecule has 0 aromatic carbocycles. The van der Waals surface area contributed by atoms with Gasteiger partial charge in [-0.3, -0.25) is 15.1 Å². The van der Waals surface area contributed by atoms with Crippen molar-refractivity contribution in [1.29, 1.82) is 0 Å². The molecule has 5 heterocycles. The summed E-state index contributed by atoms with van der Waals surface area (Å²) in [6.45, 7) is 0.836. The van der Waals surface area contributed by atoms with Crippen molar-refractivity contribution < 1.29 is 0 Å². The van der Waals surface area contributed by atoms with E-state index < -0.39 is 0 Å². The minimum absolute atomic E-state index is 0.797. The topological polar surface area (TPSA) is 86.4 Å². The first kappa shape index (κ1) is 16.6. The van der Waals surface area contributed by atoms with Gasteiger partial charge in [0.1, 0.15) is 11.2 Å². The fraction of sp³-hybridized carbons (Fsp3) is 0.143. The third-order valence-electron chi connectivity index (χ3n) is 4.68. The van der Waals surface area contributed by atoms with Crippen LogP contribution in [0.1, 0.15) is 5.56 Å². The Morgan fingerprint density at radius 2 is 1.89 bits per heavy atom. The zero-order chi connectivity index (χ0) is 19.1. The van der Waals surface area contributed by atoms with Crippen molar-refractivity contribution in [3.05, 3.63) is 60.7 Å². The van der Waals surface area contributed by atoms with Gasteiger partial charge in [-0.2, -0.15) is 5.10 Å². The van der Waals surface area contributed by atoms with Gasteiger partial charge in [0.15, 0.2) is 0 Å². The lowest BCUT2D eigenvalue weighted by Gasteiger charge is -2.10. The lowest BCUT2D eigenvalue weighted by Crippen LogP contribution is -2.10. The molecule has 0 bridgehead atoms. The second kappa shape index (κ2) is 6.54. The number of aromatic nitrogens is 6. The molecule has 0 aliphatic rings. The number of aromatic amines is 2. The summed E-state index contributed by atoms with van der Waals surface area (Å²) in [4.78, 5) is 18.9. The van der Waals surface area contributed by atoms with Gasteiger partial charge in [0.2, 0.25) is 0 Å². The molecule has 0 unspecified atom stereocenters. The maximum atomic E-state index is 4.89. The summed E-state index contributed by atoms with van der Waals surface area (Å²) < 4.78 is 0. The summed E-state index contributed by atoms with van der Waals surface area (Å²) >= 11 is 0. The van der Waals surface area contributed by atoms with Crippen molar-refractivity contribution in [3.63, 3.8) is 0 Å². The number of nitrogens with one attached hydrogen (secondary N) is 2. The van der Waals surface area contributed by atoms with E-state index in [1.165, 1.54) is 0 Å². The van der Waals surface area contributed by atoms with Crippen molar-refractivity contribution in [1.82, 2.24) is 35.0 Å². The predicted molar refractivity (Wildman–Crippen MR) is 110 cm³/mol. The molecule has 5 aromatic rings. The molecule has 0 saturated heterocycles. The maximum absolute atomic E-state index is 4.89. The SMILES string of the molecule is CN(C)Cc1cncc(-c2ccc3[nH]nc(-c4cc5ccncc5[nH]4)c3n2)c1. The van der Waals surface area contributed by atoms with Gasteiger partial charge in [0.05, 0.1) is 28.6 Å². The molecule has 0 saturated carbocycles. The van der Waals surface area contributed by atoms with Crippen LogP contribution in [-0.4, -0.2) is 49.1 Å². The molecule has 0 amide bonds. The molecule has 5 aromatic heterocycles. The van der Waals surface area contributed by atoms with Crippen molar-refractivity contribution in [2.45, 2.75) is 6.54 Å². The van der Waals surface area contributed by atoms with E-state index in [9.17, 15) is 0 Å². The highest BCUT2D eigenvalue weighted by Crippen LogP contribution is 2.29. The lowest BCUT2D eigenvalue weighted by atomic mass is 10.1. The number of hydrogen-bond acceptors (Lipinski definition) is 5. The van der Waals surface area contributed by atoms with E-state index in [-0.39, 0.29) is 0 Å². The normalized spacial score (nSPS) is 11.7. The van der Waals surface area contributed by atoms with Crippen LogP contribution in [0.3, 0.4) is 0 Å². The largest absolute Gasteiger partial charge is 0.352 e. The van der Waals surface area contributed by atoms with E-state index in [2.05, 4.69) is 42.2 Å². The molecular formula is C21H19N7. The second-order valence-corrected chi connectivity index (χ2v) is 7.13. The van der Waals surface area contributed by atoms with Crippen LogP contribution in [0.5, 0.6) is 0 Å². The Balaban J connectivity index is 1.60. The van der Waals surface area contributed by atoms with E-state index in [0.29, 0.717) is 0 Å². The summed E-state index contributed by atoms with van der Waals surface area (Å²) in [5.74, 6) is 0. The zero-order valence-electron chi connectivity index (χ0n) is 15.6. The Bertz CT molecular complexity index is 1250. The number of H-pyrrole nitrogens is 2. The van der Waals surface area contributed by atoms with E-state index in [1.807, 2.05) is 50.9 Å². The van der Waals surface area contributed by atoms with E-state index >= 15 is 0 Å². The highest BCUT2D eigenvalue weighted by Gasteiger charge is 2.14. The van der Waals surface area contributed by atoms with Crippen molar-refractivity contribution in [2.24, 2.45) is 0 Å². The first-order valence-electron chi connectivity index (χ1n) is 9.04. The van der Waals surface area contributed by atoms with Gasteiger partial charge in [-0.25, -0.2) is 4.98 Å². The van der Waals surface area contributed by atoms with Crippen LogP contribution in [-0.2, 0) is 6.54 Å². The second-order valence-electron chi connectivity index (χ2n) is 7.13. The third-order valence-corrected chi connectivity index (χ3v) is 4.68. The molecule has 0 aliphatic heterocycles. The molecule has 28 heavy (non-hydrogen) atoms. The number of rotatable bonds is 4. The van der Waals surface area contributed by atoms with Crippen LogP contribution < -0.4 is 0 Å².